The van der Waals surface area contributed by atoms with E-state index < -0.39 is 0 Å². The van der Waals surface area contributed by atoms with Crippen LogP contribution in [0.25, 0.3) is 0 Å². The lowest BCUT2D eigenvalue weighted by Crippen LogP contribution is -2.40. The van der Waals surface area contributed by atoms with Gasteiger partial charge < -0.3 is 14.6 Å². The molecular formula is C20H24FN3O3. The molecule has 2 heterocycles. The van der Waals surface area contributed by atoms with Crippen LogP contribution >= 0.6 is 0 Å². The van der Waals surface area contributed by atoms with Crippen molar-refractivity contribution in [1.82, 2.24) is 15.1 Å². The Kier molecular flexibility index (Phi) is 6.24. The molecule has 7 heteroatoms. The van der Waals surface area contributed by atoms with Crippen molar-refractivity contribution in [3.05, 3.63) is 59.8 Å². The van der Waals surface area contributed by atoms with Gasteiger partial charge in [-0.05, 0) is 49.7 Å². The second-order valence-corrected chi connectivity index (χ2v) is 6.73. The Hall–Kier alpha value is -2.67. The van der Waals surface area contributed by atoms with E-state index in [0.29, 0.717) is 25.2 Å². The van der Waals surface area contributed by atoms with Gasteiger partial charge in [0, 0.05) is 31.7 Å². The Morgan fingerprint density at radius 2 is 1.93 bits per heavy atom. The van der Waals surface area contributed by atoms with Crippen molar-refractivity contribution in [3.63, 3.8) is 0 Å². The molecule has 1 aliphatic rings. The minimum absolute atomic E-state index is 0.0720. The molecule has 1 fully saturated rings. The van der Waals surface area contributed by atoms with Gasteiger partial charge in [0.25, 0.3) is 5.91 Å². The average molecular weight is 373 g/mol. The van der Waals surface area contributed by atoms with Crippen molar-refractivity contribution in [3.8, 4) is 0 Å². The highest BCUT2D eigenvalue weighted by atomic mass is 19.1. The van der Waals surface area contributed by atoms with Crippen molar-refractivity contribution < 1.29 is 18.4 Å². The summed E-state index contributed by atoms with van der Waals surface area (Å²) in [7, 11) is 0. The number of amides is 2. The Labute approximate surface area is 157 Å². The summed E-state index contributed by atoms with van der Waals surface area (Å²) >= 11 is 0. The van der Waals surface area contributed by atoms with Crippen LogP contribution in [0.15, 0.2) is 47.1 Å². The SMILES string of the molecule is CC(NC(=O)CN1CCCN(C(=O)c2ccc(F)cc2)CC1)c1ccco1. The molecule has 144 valence electrons. The van der Waals surface area contributed by atoms with E-state index in [-0.39, 0.29) is 30.2 Å². The van der Waals surface area contributed by atoms with Gasteiger partial charge >= 0.3 is 0 Å². The first-order valence-corrected chi connectivity index (χ1v) is 9.13. The summed E-state index contributed by atoms with van der Waals surface area (Å²) in [6.45, 7) is 4.69. The number of hydrogen-bond donors (Lipinski definition) is 1. The Bertz CT molecular complexity index is 761. The van der Waals surface area contributed by atoms with Crippen LogP contribution in [0.3, 0.4) is 0 Å². The molecule has 0 bridgehead atoms. The van der Waals surface area contributed by atoms with Crippen LogP contribution in [0, 0.1) is 5.82 Å². The number of carbonyl (C=O) groups is 2. The lowest BCUT2D eigenvalue weighted by molar-refractivity contribution is -0.123. The fourth-order valence-electron chi connectivity index (χ4n) is 3.21. The number of halogens is 1. The van der Waals surface area contributed by atoms with Gasteiger partial charge in [-0.1, -0.05) is 0 Å². The van der Waals surface area contributed by atoms with E-state index in [2.05, 4.69) is 5.32 Å². The van der Waals surface area contributed by atoms with E-state index in [0.717, 1.165) is 18.7 Å². The van der Waals surface area contributed by atoms with Gasteiger partial charge in [0.1, 0.15) is 11.6 Å². The lowest BCUT2D eigenvalue weighted by atomic mass is 10.2. The zero-order chi connectivity index (χ0) is 19.2. The van der Waals surface area contributed by atoms with Crippen LogP contribution in [0.5, 0.6) is 0 Å². The zero-order valence-electron chi connectivity index (χ0n) is 15.4. The fraction of sp³-hybridized carbons (Fsp3) is 0.400. The van der Waals surface area contributed by atoms with Crippen molar-refractivity contribution in [2.75, 3.05) is 32.7 Å². The molecule has 1 unspecified atom stereocenters. The molecular weight excluding hydrogens is 349 g/mol. The summed E-state index contributed by atoms with van der Waals surface area (Å²) in [5.41, 5.74) is 0.481. The van der Waals surface area contributed by atoms with Gasteiger partial charge in [-0.25, -0.2) is 4.39 Å². The van der Waals surface area contributed by atoms with Crippen molar-refractivity contribution >= 4 is 11.8 Å². The summed E-state index contributed by atoms with van der Waals surface area (Å²) in [6.07, 6.45) is 2.37. The summed E-state index contributed by atoms with van der Waals surface area (Å²) in [5.74, 6) is 0.184. The van der Waals surface area contributed by atoms with Crippen LogP contribution < -0.4 is 5.32 Å². The van der Waals surface area contributed by atoms with Crippen LogP contribution in [0.2, 0.25) is 0 Å². The first kappa shape index (κ1) is 19.1. The average Bonchev–Trinajstić information content (AvgIpc) is 3.10. The van der Waals surface area contributed by atoms with Crippen molar-refractivity contribution in [2.45, 2.75) is 19.4 Å². The molecule has 27 heavy (non-hydrogen) atoms. The molecule has 0 saturated carbocycles. The van der Waals surface area contributed by atoms with Gasteiger partial charge in [0.2, 0.25) is 5.91 Å². The highest BCUT2D eigenvalue weighted by Gasteiger charge is 2.22. The highest BCUT2D eigenvalue weighted by Crippen LogP contribution is 2.13. The maximum absolute atomic E-state index is 13.0. The monoisotopic (exact) mass is 373 g/mol. The zero-order valence-corrected chi connectivity index (χ0v) is 15.4. The predicted molar refractivity (Wildman–Crippen MR) is 98.6 cm³/mol. The summed E-state index contributed by atoms with van der Waals surface area (Å²) in [5, 5.41) is 2.92. The maximum atomic E-state index is 13.0. The fourth-order valence-corrected chi connectivity index (χ4v) is 3.21. The summed E-state index contributed by atoms with van der Waals surface area (Å²) < 4.78 is 18.3. The van der Waals surface area contributed by atoms with Crippen molar-refractivity contribution in [1.29, 1.82) is 0 Å². The smallest absolute Gasteiger partial charge is 0.253 e. The van der Waals surface area contributed by atoms with E-state index in [1.54, 1.807) is 17.2 Å². The molecule has 0 aliphatic carbocycles. The number of furan rings is 1. The Morgan fingerprint density at radius 1 is 1.15 bits per heavy atom. The highest BCUT2D eigenvalue weighted by molar-refractivity contribution is 5.94. The minimum atomic E-state index is -0.358. The number of nitrogens with zero attached hydrogens (tertiary/aromatic N) is 2. The van der Waals surface area contributed by atoms with E-state index in [1.165, 1.54) is 24.3 Å². The number of nitrogens with one attached hydrogen (secondary N) is 1. The van der Waals surface area contributed by atoms with Crippen LogP contribution in [0.4, 0.5) is 4.39 Å². The molecule has 1 aromatic heterocycles. The first-order valence-electron chi connectivity index (χ1n) is 9.13. The molecule has 3 rings (SSSR count). The minimum Gasteiger partial charge on any atom is -0.467 e. The van der Waals surface area contributed by atoms with E-state index >= 15 is 0 Å². The molecule has 1 atom stereocenters. The van der Waals surface area contributed by atoms with E-state index in [9.17, 15) is 14.0 Å². The van der Waals surface area contributed by atoms with E-state index in [4.69, 9.17) is 4.42 Å². The van der Waals surface area contributed by atoms with Gasteiger partial charge in [-0.3, -0.25) is 14.5 Å². The quantitative estimate of drug-likeness (QED) is 0.874. The number of carbonyl (C=O) groups excluding carboxylic acids is 2. The van der Waals surface area contributed by atoms with Crippen molar-refractivity contribution in [2.24, 2.45) is 0 Å². The molecule has 1 aliphatic heterocycles. The standard InChI is InChI=1S/C20H24FN3O3/c1-15(18-4-2-13-27-18)22-19(25)14-23-9-3-10-24(12-11-23)20(26)16-5-7-17(21)8-6-16/h2,4-8,13,15H,3,9-12,14H2,1H3,(H,22,25). The Morgan fingerprint density at radius 3 is 2.63 bits per heavy atom. The molecule has 1 N–H and O–H groups in total. The first-order chi connectivity index (χ1) is 13.0. The van der Waals surface area contributed by atoms with Gasteiger partial charge in [0.15, 0.2) is 0 Å². The molecule has 6 nitrogen and oxygen atoms in total. The third-order valence-corrected chi connectivity index (χ3v) is 4.68. The van der Waals surface area contributed by atoms with Gasteiger partial charge in [0.05, 0.1) is 18.8 Å². The largest absolute Gasteiger partial charge is 0.467 e. The Balaban J connectivity index is 1.50. The molecule has 2 amide bonds. The molecule has 0 spiro atoms. The topological polar surface area (TPSA) is 65.8 Å². The second kappa shape index (κ2) is 8.81. The number of benzene rings is 1. The molecule has 1 saturated heterocycles. The predicted octanol–water partition coefficient (Wildman–Crippen LogP) is 2.44. The summed E-state index contributed by atoms with van der Waals surface area (Å²) in [4.78, 5) is 28.7. The molecule has 2 aromatic rings. The van der Waals surface area contributed by atoms with Gasteiger partial charge in [-0.2, -0.15) is 0 Å². The second-order valence-electron chi connectivity index (χ2n) is 6.73. The lowest BCUT2D eigenvalue weighted by Gasteiger charge is -2.22. The third kappa shape index (κ3) is 5.17. The van der Waals surface area contributed by atoms with Crippen LogP contribution in [0.1, 0.15) is 35.5 Å². The number of rotatable bonds is 5. The molecule has 1 aromatic carbocycles. The van der Waals surface area contributed by atoms with E-state index in [1.807, 2.05) is 17.9 Å². The maximum Gasteiger partial charge on any atom is 0.253 e. The third-order valence-electron chi connectivity index (χ3n) is 4.68. The van der Waals surface area contributed by atoms with Crippen LogP contribution in [-0.2, 0) is 4.79 Å². The van der Waals surface area contributed by atoms with Crippen LogP contribution in [-0.4, -0.2) is 54.3 Å². The van der Waals surface area contributed by atoms with Gasteiger partial charge in [-0.15, -0.1) is 0 Å². The number of hydrogen-bond acceptors (Lipinski definition) is 4. The normalized spacial score (nSPS) is 16.6. The summed E-state index contributed by atoms with van der Waals surface area (Å²) in [6, 6.07) is 9.03. The molecule has 0 radical (unpaired) electrons.